The standard InChI is InChI=1S/C18H19N5O3/c1-12-20-17(21-26-12)16-7-4-8-22(16)10-13-9-19-23(11-13)15-6-3-2-5-14(15)18(24)25/h2-3,5-6,9,11,16H,4,7-8,10H2,1H3,(H,24,25)/t16-/m1/s1. The van der Waals surface area contributed by atoms with Crippen LogP contribution in [0.3, 0.4) is 0 Å². The number of carboxylic acid groups (broad SMARTS) is 1. The molecule has 1 fully saturated rings. The summed E-state index contributed by atoms with van der Waals surface area (Å²) in [7, 11) is 0. The van der Waals surface area contributed by atoms with Crippen molar-refractivity contribution >= 4 is 5.97 Å². The van der Waals surface area contributed by atoms with E-state index in [9.17, 15) is 9.90 Å². The molecule has 1 aliphatic rings. The second-order valence-corrected chi connectivity index (χ2v) is 6.42. The molecule has 0 saturated carbocycles. The number of aromatic nitrogens is 4. The summed E-state index contributed by atoms with van der Waals surface area (Å²) in [4.78, 5) is 18.1. The van der Waals surface area contributed by atoms with Gasteiger partial charge in [0.25, 0.3) is 0 Å². The van der Waals surface area contributed by atoms with Crippen LogP contribution in [0.1, 0.15) is 46.5 Å². The normalized spacial score (nSPS) is 17.7. The molecule has 1 atom stereocenters. The first-order chi connectivity index (χ1) is 12.6. The van der Waals surface area contributed by atoms with Gasteiger partial charge in [0.05, 0.1) is 23.5 Å². The summed E-state index contributed by atoms with van der Waals surface area (Å²) in [5.74, 6) is 0.332. The highest BCUT2D eigenvalue weighted by molar-refractivity contribution is 5.91. The molecule has 8 heteroatoms. The molecule has 26 heavy (non-hydrogen) atoms. The van der Waals surface area contributed by atoms with E-state index in [-0.39, 0.29) is 11.6 Å². The first kappa shape index (κ1) is 16.5. The first-order valence-corrected chi connectivity index (χ1v) is 8.52. The van der Waals surface area contributed by atoms with Crippen LogP contribution >= 0.6 is 0 Å². The highest BCUT2D eigenvalue weighted by Crippen LogP contribution is 2.31. The van der Waals surface area contributed by atoms with Gasteiger partial charge in [-0.2, -0.15) is 10.1 Å². The molecule has 3 aromatic rings. The van der Waals surface area contributed by atoms with E-state index in [1.165, 1.54) is 0 Å². The van der Waals surface area contributed by atoms with Crippen LogP contribution in [0.15, 0.2) is 41.2 Å². The van der Waals surface area contributed by atoms with Crippen LogP contribution in [-0.4, -0.2) is 42.4 Å². The largest absolute Gasteiger partial charge is 0.478 e. The predicted molar refractivity (Wildman–Crippen MR) is 91.9 cm³/mol. The van der Waals surface area contributed by atoms with Gasteiger partial charge in [0, 0.05) is 25.2 Å². The summed E-state index contributed by atoms with van der Waals surface area (Å²) in [5.41, 5.74) is 1.79. The topological polar surface area (TPSA) is 97.3 Å². The van der Waals surface area contributed by atoms with E-state index < -0.39 is 5.97 Å². The van der Waals surface area contributed by atoms with Crippen molar-refractivity contribution in [2.75, 3.05) is 6.54 Å². The average molecular weight is 353 g/mol. The van der Waals surface area contributed by atoms with E-state index >= 15 is 0 Å². The fourth-order valence-corrected chi connectivity index (χ4v) is 3.42. The third-order valence-corrected chi connectivity index (χ3v) is 4.61. The molecule has 0 spiro atoms. The van der Waals surface area contributed by atoms with Gasteiger partial charge in [0.15, 0.2) is 5.82 Å². The van der Waals surface area contributed by atoms with Crippen molar-refractivity contribution in [2.45, 2.75) is 32.4 Å². The van der Waals surface area contributed by atoms with Crippen molar-refractivity contribution in [1.29, 1.82) is 0 Å². The average Bonchev–Trinajstić information content (AvgIpc) is 3.36. The SMILES string of the molecule is Cc1nc([C@H]2CCCN2Cc2cnn(-c3ccccc3C(=O)O)c2)no1. The number of aryl methyl sites for hydroxylation is 1. The minimum absolute atomic E-state index is 0.141. The molecule has 1 aliphatic heterocycles. The van der Waals surface area contributed by atoms with Gasteiger partial charge in [-0.05, 0) is 31.5 Å². The molecule has 1 aromatic carbocycles. The molecule has 0 amide bonds. The van der Waals surface area contributed by atoms with E-state index in [0.29, 0.717) is 18.1 Å². The van der Waals surface area contributed by atoms with Crippen LogP contribution in [0.5, 0.6) is 0 Å². The minimum Gasteiger partial charge on any atom is -0.478 e. The van der Waals surface area contributed by atoms with Gasteiger partial charge in [-0.3, -0.25) is 4.90 Å². The lowest BCUT2D eigenvalue weighted by Gasteiger charge is -2.20. The quantitative estimate of drug-likeness (QED) is 0.753. The Hall–Kier alpha value is -3.00. The molecule has 0 radical (unpaired) electrons. The number of carboxylic acids is 1. The number of carbonyl (C=O) groups is 1. The fourth-order valence-electron chi connectivity index (χ4n) is 3.42. The van der Waals surface area contributed by atoms with Gasteiger partial charge in [0.1, 0.15) is 0 Å². The molecule has 4 rings (SSSR count). The molecular weight excluding hydrogens is 334 g/mol. The molecule has 2 aromatic heterocycles. The van der Waals surface area contributed by atoms with Crippen LogP contribution in [0.4, 0.5) is 0 Å². The van der Waals surface area contributed by atoms with Crippen LogP contribution in [0.2, 0.25) is 0 Å². The molecule has 0 aliphatic carbocycles. The van der Waals surface area contributed by atoms with Gasteiger partial charge in [0.2, 0.25) is 5.89 Å². The van der Waals surface area contributed by atoms with Crippen molar-refractivity contribution in [3.8, 4) is 5.69 Å². The lowest BCUT2D eigenvalue weighted by atomic mass is 10.2. The summed E-state index contributed by atoms with van der Waals surface area (Å²) >= 11 is 0. The molecular formula is C18H19N5O3. The third-order valence-electron chi connectivity index (χ3n) is 4.61. The van der Waals surface area contributed by atoms with Crippen molar-refractivity contribution in [3.05, 3.63) is 59.5 Å². The lowest BCUT2D eigenvalue weighted by molar-refractivity contribution is 0.0696. The minimum atomic E-state index is -0.968. The van der Waals surface area contributed by atoms with Gasteiger partial charge in [-0.15, -0.1) is 0 Å². The zero-order chi connectivity index (χ0) is 18.1. The summed E-state index contributed by atoms with van der Waals surface area (Å²) in [5, 5.41) is 17.8. The maximum Gasteiger partial charge on any atom is 0.337 e. The van der Waals surface area contributed by atoms with Crippen molar-refractivity contribution in [1.82, 2.24) is 24.8 Å². The van der Waals surface area contributed by atoms with Crippen LogP contribution in [0, 0.1) is 6.92 Å². The number of benzene rings is 1. The second-order valence-electron chi connectivity index (χ2n) is 6.42. The third kappa shape index (κ3) is 3.11. The van der Waals surface area contributed by atoms with Gasteiger partial charge < -0.3 is 9.63 Å². The molecule has 3 heterocycles. The molecule has 0 bridgehead atoms. The summed E-state index contributed by atoms with van der Waals surface area (Å²) in [6.07, 6.45) is 5.72. The summed E-state index contributed by atoms with van der Waals surface area (Å²) in [6, 6.07) is 6.98. The number of aromatic carboxylic acids is 1. The molecule has 134 valence electrons. The Morgan fingerprint density at radius 1 is 1.38 bits per heavy atom. The zero-order valence-corrected chi connectivity index (χ0v) is 14.4. The van der Waals surface area contributed by atoms with Gasteiger partial charge in [-0.25, -0.2) is 9.48 Å². The van der Waals surface area contributed by atoms with E-state index in [0.717, 1.165) is 30.8 Å². The molecule has 0 unspecified atom stereocenters. The van der Waals surface area contributed by atoms with Crippen LogP contribution in [-0.2, 0) is 6.54 Å². The van der Waals surface area contributed by atoms with E-state index in [2.05, 4.69) is 20.1 Å². The monoisotopic (exact) mass is 353 g/mol. The second kappa shape index (κ2) is 6.72. The Morgan fingerprint density at radius 3 is 3.00 bits per heavy atom. The first-order valence-electron chi connectivity index (χ1n) is 8.52. The lowest BCUT2D eigenvalue weighted by Crippen LogP contribution is -2.23. The number of rotatable bonds is 5. The Balaban J connectivity index is 1.55. The van der Waals surface area contributed by atoms with Gasteiger partial charge in [-0.1, -0.05) is 17.3 Å². The van der Waals surface area contributed by atoms with E-state index in [1.54, 1.807) is 42.1 Å². The van der Waals surface area contributed by atoms with E-state index in [1.807, 2.05) is 6.20 Å². The Kier molecular flexibility index (Phi) is 4.26. The van der Waals surface area contributed by atoms with Crippen molar-refractivity contribution in [3.63, 3.8) is 0 Å². The van der Waals surface area contributed by atoms with E-state index in [4.69, 9.17) is 4.52 Å². The highest BCUT2D eigenvalue weighted by Gasteiger charge is 2.30. The molecule has 8 nitrogen and oxygen atoms in total. The van der Waals surface area contributed by atoms with Gasteiger partial charge >= 0.3 is 5.97 Å². The number of likely N-dealkylation sites (tertiary alicyclic amines) is 1. The predicted octanol–water partition coefficient (Wildman–Crippen LogP) is 2.60. The summed E-state index contributed by atoms with van der Waals surface area (Å²) in [6.45, 7) is 3.45. The van der Waals surface area contributed by atoms with Crippen LogP contribution in [0.25, 0.3) is 5.69 Å². The number of para-hydroxylation sites is 1. The number of nitrogens with zero attached hydrogens (tertiary/aromatic N) is 5. The summed E-state index contributed by atoms with van der Waals surface area (Å²) < 4.78 is 6.73. The zero-order valence-electron chi connectivity index (χ0n) is 14.4. The number of hydrogen-bond donors (Lipinski definition) is 1. The fraction of sp³-hybridized carbons (Fsp3) is 0.333. The van der Waals surface area contributed by atoms with Crippen molar-refractivity contribution in [2.24, 2.45) is 0 Å². The Morgan fingerprint density at radius 2 is 2.23 bits per heavy atom. The van der Waals surface area contributed by atoms with Crippen LogP contribution < -0.4 is 0 Å². The Labute approximate surface area is 150 Å². The Bertz CT molecular complexity index is 932. The number of hydrogen-bond acceptors (Lipinski definition) is 6. The maximum atomic E-state index is 11.4. The highest BCUT2D eigenvalue weighted by atomic mass is 16.5. The molecule has 1 saturated heterocycles. The van der Waals surface area contributed by atoms with Crippen molar-refractivity contribution < 1.29 is 14.4 Å². The smallest absolute Gasteiger partial charge is 0.337 e. The maximum absolute atomic E-state index is 11.4. The molecule has 1 N–H and O–H groups in total.